The fourth-order valence-corrected chi connectivity index (χ4v) is 2.42. The van der Waals surface area contributed by atoms with E-state index < -0.39 is 0 Å². The molecular weight excluding hydrogens is 415 g/mol. The summed E-state index contributed by atoms with van der Waals surface area (Å²) in [6.07, 6.45) is 2.08. The molecule has 0 aliphatic heterocycles. The van der Waals surface area contributed by atoms with Gasteiger partial charge in [-0.3, -0.25) is 9.79 Å². The Labute approximate surface area is 162 Å². The fourth-order valence-electron chi connectivity index (χ4n) is 2.42. The molecule has 1 aliphatic rings. The third-order valence-electron chi connectivity index (χ3n) is 3.99. The van der Waals surface area contributed by atoms with Gasteiger partial charge >= 0.3 is 0 Å². The van der Waals surface area contributed by atoms with Crippen molar-refractivity contribution in [3.05, 3.63) is 35.4 Å². The molecule has 0 spiro atoms. The number of carbonyl (C=O) groups is 1. The average Bonchev–Trinajstić information content (AvgIpc) is 3.37. The smallest absolute Gasteiger partial charge is 0.223 e. The second-order valence-corrected chi connectivity index (χ2v) is 6.08. The fraction of sp³-hybridized carbons (Fsp3) is 0.556. The number of benzene rings is 1. The Morgan fingerprint density at radius 1 is 1.29 bits per heavy atom. The molecule has 5 nitrogen and oxygen atoms in total. The molecule has 1 aromatic carbocycles. The van der Waals surface area contributed by atoms with Gasteiger partial charge in [0.2, 0.25) is 5.91 Å². The zero-order valence-corrected chi connectivity index (χ0v) is 17.2. The van der Waals surface area contributed by atoms with Gasteiger partial charge in [0.1, 0.15) is 0 Å². The maximum absolute atomic E-state index is 11.6. The van der Waals surface area contributed by atoms with Gasteiger partial charge in [-0.25, -0.2) is 0 Å². The van der Waals surface area contributed by atoms with Gasteiger partial charge < -0.3 is 15.5 Å². The van der Waals surface area contributed by atoms with E-state index in [0.717, 1.165) is 31.9 Å². The van der Waals surface area contributed by atoms with Crippen molar-refractivity contribution in [3.63, 3.8) is 0 Å². The van der Waals surface area contributed by atoms with E-state index in [-0.39, 0.29) is 35.8 Å². The molecule has 0 saturated heterocycles. The maximum Gasteiger partial charge on any atom is 0.223 e. The number of hydrogen-bond donors (Lipinski definition) is 2. The summed E-state index contributed by atoms with van der Waals surface area (Å²) < 4.78 is 0. The van der Waals surface area contributed by atoms with Crippen LogP contribution in [-0.2, 0) is 11.3 Å². The molecule has 1 aromatic rings. The summed E-state index contributed by atoms with van der Waals surface area (Å²) in [4.78, 5) is 18.3. The molecule has 1 aliphatic carbocycles. The van der Waals surface area contributed by atoms with Crippen LogP contribution in [0, 0.1) is 12.8 Å². The van der Waals surface area contributed by atoms with Crippen LogP contribution in [0.4, 0.5) is 0 Å². The molecule has 1 saturated carbocycles. The van der Waals surface area contributed by atoms with Crippen molar-refractivity contribution >= 4 is 35.8 Å². The van der Waals surface area contributed by atoms with Crippen molar-refractivity contribution in [1.82, 2.24) is 15.5 Å². The van der Waals surface area contributed by atoms with Crippen molar-refractivity contribution in [2.75, 3.05) is 26.7 Å². The second-order valence-electron chi connectivity index (χ2n) is 6.08. The van der Waals surface area contributed by atoms with Gasteiger partial charge in [-0.1, -0.05) is 24.3 Å². The second kappa shape index (κ2) is 10.5. The van der Waals surface area contributed by atoms with Gasteiger partial charge in [-0.15, -0.1) is 24.0 Å². The summed E-state index contributed by atoms with van der Waals surface area (Å²) in [5.74, 6) is 1.31. The number of amides is 1. The van der Waals surface area contributed by atoms with E-state index in [4.69, 9.17) is 0 Å². The van der Waals surface area contributed by atoms with Crippen molar-refractivity contribution in [2.24, 2.45) is 10.9 Å². The van der Waals surface area contributed by atoms with E-state index in [1.54, 1.807) is 0 Å². The number of carbonyl (C=O) groups excluding carboxylic acids is 1. The predicted molar refractivity (Wildman–Crippen MR) is 110 cm³/mol. The summed E-state index contributed by atoms with van der Waals surface area (Å²) in [5, 5.41) is 6.26. The molecular formula is C18H29IN4O. The summed E-state index contributed by atoms with van der Waals surface area (Å²) in [6, 6.07) is 8.39. The highest BCUT2D eigenvalue weighted by atomic mass is 127. The Morgan fingerprint density at radius 3 is 2.62 bits per heavy atom. The third kappa shape index (κ3) is 6.67. The van der Waals surface area contributed by atoms with E-state index >= 15 is 0 Å². The average molecular weight is 444 g/mol. The van der Waals surface area contributed by atoms with Crippen LogP contribution in [0.1, 0.15) is 30.9 Å². The van der Waals surface area contributed by atoms with Crippen molar-refractivity contribution in [1.29, 1.82) is 0 Å². The minimum Gasteiger partial charge on any atom is -0.357 e. The molecule has 0 atom stereocenters. The first-order valence-electron chi connectivity index (χ1n) is 8.43. The van der Waals surface area contributed by atoms with E-state index in [2.05, 4.69) is 58.6 Å². The molecule has 134 valence electrons. The number of rotatable bonds is 7. The summed E-state index contributed by atoms with van der Waals surface area (Å²) in [7, 11) is 2.04. The van der Waals surface area contributed by atoms with Gasteiger partial charge in [0.25, 0.3) is 0 Å². The molecule has 1 fully saturated rings. The molecule has 0 aromatic heterocycles. The molecule has 0 heterocycles. The van der Waals surface area contributed by atoms with Crippen LogP contribution in [0.3, 0.4) is 0 Å². The monoisotopic (exact) mass is 444 g/mol. The third-order valence-corrected chi connectivity index (χ3v) is 3.99. The lowest BCUT2D eigenvalue weighted by atomic mass is 10.1. The van der Waals surface area contributed by atoms with Crippen LogP contribution in [0.5, 0.6) is 0 Å². The molecule has 0 bridgehead atoms. The largest absolute Gasteiger partial charge is 0.357 e. The molecule has 6 heteroatoms. The number of guanidine groups is 1. The molecule has 0 unspecified atom stereocenters. The maximum atomic E-state index is 11.6. The van der Waals surface area contributed by atoms with E-state index in [1.807, 2.05) is 7.05 Å². The SMILES string of the molecule is CCNC(=NCCNC(=O)C1CC1)N(C)Cc1ccccc1C.I. The standard InChI is InChI=1S/C18H28N4O.HI/c1-4-19-18(21-12-11-20-17(23)15-9-10-15)22(3)13-16-8-6-5-7-14(16)2;/h5-8,15H,4,9-13H2,1-3H3,(H,19,21)(H,20,23);1H. The molecule has 0 radical (unpaired) electrons. The quantitative estimate of drug-likeness (QED) is 0.294. The Balaban J connectivity index is 0.00000288. The lowest BCUT2D eigenvalue weighted by Crippen LogP contribution is -2.39. The van der Waals surface area contributed by atoms with Crippen LogP contribution < -0.4 is 10.6 Å². The van der Waals surface area contributed by atoms with Crippen LogP contribution in [0.2, 0.25) is 0 Å². The highest BCUT2D eigenvalue weighted by molar-refractivity contribution is 14.0. The minimum atomic E-state index is 0. The van der Waals surface area contributed by atoms with Gasteiger partial charge in [0.05, 0.1) is 6.54 Å². The number of nitrogens with zero attached hydrogens (tertiary/aromatic N) is 2. The lowest BCUT2D eigenvalue weighted by molar-refractivity contribution is -0.122. The molecule has 1 amide bonds. The number of aliphatic imine (C=N–C) groups is 1. The van der Waals surface area contributed by atoms with Crippen molar-refractivity contribution in [2.45, 2.75) is 33.2 Å². The lowest BCUT2D eigenvalue weighted by Gasteiger charge is -2.23. The van der Waals surface area contributed by atoms with Gasteiger partial charge in [-0.05, 0) is 37.8 Å². The van der Waals surface area contributed by atoms with Crippen LogP contribution in [0.15, 0.2) is 29.3 Å². The predicted octanol–water partition coefficient (Wildman–Crippen LogP) is 2.54. The topological polar surface area (TPSA) is 56.7 Å². The highest BCUT2D eigenvalue weighted by Crippen LogP contribution is 2.28. The minimum absolute atomic E-state index is 0. The van der Waals surface area contributed by atoms with Crippen LogP contribution in [-0.4, -0.2) is 43.4 Å². The summed E-state index contributed by atoms with van der Waals surface area (Å²) >= 11 is 0. The van der Waals surface area contributed by atoms with Crippen molar-refractivity contribution < 1.29 is 4.79 Å². The Bertz CT molecular complexity index is 558. The summed E-state index contributed by atoms with van der Waals surface area (Å²) in [6.45, 7) is 7.02. The van der Waals surface area contributed by atoms with E-state index in [1.165, 1.54) is 11.1 Å². The van der Waals surface area contributed by atoms with Gasteiger partial charge in [0, 0.05) is 32.6 Å². The number of halogens is 1. The first kappa shape index (κ1) is 20.7. The van der Waals surface area contributed by atoms with E-state index in [9.17, 15) is 4.79 Å². The normalized spacial score (nSPS) is 13.9. The number of hydrogen-bond acceptors (Lipinski definition) is 2. The Hall–Kier alpha value is -1.31. The number of aryl methyl sites for hydroxylation is 1. The highest BCUT2D eigenvalue weighted by Gasteiger charge is 2.28. The number of nitrogens with one attached hydrogen (secondary N) is 2. The molecule has 2 rings (SSSR count). The van der Waals surface area contributed by atoms with Gasteiger partial charge in [0.15, 0.2) is 5.96 Å². The first-order valence-corrected chi connectivity index (χ1v) is 8.43. The summed E-state index contributed by atoms with van der Waals surface area (Å²) in [5.41, 5.74) is 2.58. The molecule has 24 heavy (non-hydrogen) atoms. The first-order chi connectivity index (χ1) is 11.1. The Kier molecular flexibility index (Phi) is 9.10. The molecule has 2 N–H and O–H groups in total. The van der Waals surface area contributed by atoms with E-state index in [0.29, 0.717) is 13.1 Å². The van der Waals surface area contributed by atoms with Crippen molar-refractivity contribution in [3.8, 4) is 0 Å². The van der Waals surface area contributed by atoms with Gasteiger partial charge in [-0.2, -0.15) is 0 Å². The van der Waals surface area contributed by atoms with Crippen LogP contribution >= 0.6 is 24.0 Å². The Morgan fingerprint density at radius 2 is 2.00 bits per heavy atom. The zero-order chi connectivity index (χ0) is 16.7. The zero-order valence-electron chi connectivity index (χ0n) is 14.8. The van der Waals surface area contributed by atoms with Crippen LogP contribution in [0.25, 0.3) is 0 Å².